The molecule has 0 aliphatic carbocycles. The smallest absolute Gasteiger partial charge is 0.335 e. The Morgan fingerprint density at radius 3 is 2.53 bits per heavy atom. The average molecular weight is 260 g/mol. The molecular weight excluding hydrogens is 244 g/mol. The van der Waals surface area contributed by atoms with E-state index in [-0.39, 0.29) is 6.54 Å². The highest BCUT2D eigenvalue weighted by molar-refractivity contribution is 5.40. The van der Waals surface area contributed by atoms with Gasteiger partial charge in [0.15, 0.2) is 5.75 Å². The zero-order chi connectivity index (χ0) is 14.0. The second kappa shape index (κ2) is 5.14. The molecular formula is C14H16N2O3. The number of aryl methyl sites for hydroxylation is 1. The Labute approximate surface area is 110 Å². The van der Waals surface area contributed by atoms with E-state index >= 15 is 0 Å². The number of hydrogen-bond acceptors (Lipinski definition) is 3. The fraction of sp³-hybridized carbons (Fsp3) is 0.286. The van der Waals surface area contributed by atoms with Crippen LogP contribution in [0.2, 0.25) is 0 Å². The third-order valence-electron chi connectivity index (χ3n) is 2.97. The van der Waals surface area contributed by atoms with Crippen LogP contribution in [-0.2, 0) is 6.54 Å². The zero-order valence-corrected chi connectivity index (χ0v) is 11.0. The van der Waals surface area contributed by atoms with Gasteiger partial charge < -0.3 is 5.11 Å². The van der Waals surface area contributed by atoms with Gasteiger partial charge in [0.05, 0.1) is 11.9 Å². The van der Waals surface area contributed by atoms with Gasteiger partial charge >= 0.3 is 5.69 Å². The first-order valence-electron chi connectivity index (χ1n) is 6.17. The van der Waals surface area contributed by atoms with E-state index in [1.807, 2.05) is 26.0 Å². The molecule has 5 nitrogen and oxygen atoms in total. The summed E-state index contributed by atoms with van der Waals surface area (Å²) in [6.07, 6.45) is 1.82. The van der Waals surface area contributed by atoms with Crippen LogP contribution in [0.25, 0.3) is 5.69 Å². The van der Waals surface area contributed by atoms with Gasteiger partial charge in [0.25, 0.3) is 5.56 Å². The molecule has 0 aliphatic rings. The van der Waals surface area contributed by atoms with Crippen LogP contribution in [0.15, 0.2) is 40.1 Å². The Bertz CT molecular complexity index is 713. The molecule has 100 valence electrons. The summed E-state index contributed by atoms with van der Waals surface area (Å²) >= 11 is 0. The Morgan fingerprint density at radius 2 is 1.89 bits per heavy atom. The molecule has 1 aromatic heterocycles. The lowest BCUT2D eigenvalue weighted by atomic mass is 10.2. The van der Waals surface area contributed by atoms with Crippen LogP contribution in [0.4, 0.5) is 0 Å². The number of para-hydroxylation sites is 1. The van der Waals surface area contributed by atoms with E-state index < -0.39 is 17.0 Å². The first-order chi connectivity index (χ1) is 9.06. The summed E-state index contributed by atoms with van der Waals surface area (Å²) in [7, 11) is 0. The maximum Gasteiger partial charge on any atom is 0.335 e. The van der Waals surface area contributed by atoms with Crippen molar-refractivity contribution >= 4 is 0 Å². The number of aromatic nitrogens is 2. The molecule has 0 bridgehead atoms. The minimum atomic E-state index is -0.642. The van der Waals surface area contributed by atoms with Gasteiger partial charge in [-0.3, -0.25) is 13.9 Å². The molecule has 0 saturated heterocycles. The maximum atomic E-state index is 12.3. The predicted octanol–water partition coefficient (Wildman–Crippen LogP) is 1.42. The highest BCUT2D eigenvalue weighted by Gasteiger charge is 2.12. The van der Waals surface area contributed by atoms with E-state index in [2.05, 4.69) is 0 Å². The lowest BCUT2D eigenvalue weighted by Gasteiger charge is -2.12. The van der Waals surface area contributed by atoms with Gasteiger partial charge in [0.1, 0.15) is 0 Å². The fourth-order valence-corrected chi connectivity index (χ4v) is 2.02. The highest BCUT2D eigenvalue weighted by atomic mass is 16.3. The molecule has 1 heterocycles. The third-order valence-corrected chi connectivity index (χ3v) is 2.97. The molecule has 1 N–H and O–H groups in total. The Hall–Kier alpha value is -2.30. The number of benzene rings is 1. The van der Waals surface area contributed by atoms with Crippen molar-refractivity contribution in [2.45, 2.75) is 26.8 Å². The molecule has 0 spiro atoms. The topological polar surface area (TPSA) is 64.2 Å². The summed E-state index contributed by atoms with van der Waals surface area (Å²) in [6.45, 7) is 4.03. The van der Waals surface area contributed by atoms with Crippen molar-refractivity contribution in [2.24, 2.45) is 0 Å². The van der Waals surface area contributed by atoms with Gasteiger partial charge in [0.2, 0.25) is 0 Å². The standard InChI is InChI=1S/C14H16N2O3/c1-3-8-15-13(18)12(17)9-16(14(15)19)11-7-5-4-6-10(11)2/h4-7,9,17H,3,8H2,1-2H3. The van der Waals surface area contributed by atoms with Crippen molar-refractivity contribution in [3.63, 3.8) is 0 Å². The Morgan fingerprint density at radius 1 is 1.21 bits per heavy atom. The van der Waals surface area contributed by atoms with Crippen LogP contribution in [0, 0.1) is 6.92 Å². The van der Waals surface area contributed by atoms with Gasteiger partial charge in [-0.05, 0) is 25.0 Å². The summed E-state index contributed by atoms with van der Waals surface area (Å²) in [5.41, 5.74) is 0.481. The van der Waals surface area contributed by atoms with Gasteiger partial charge in [-0.2, -0.15) is 0 Å². The van der Waals surface area contributed by atoms with E-state index in [9.17, 15) is 14.7 Å². The second-order valence-corrected chi connectivity index (χ2v) is 4.41. The summed E-state index contributed by atoms with van der Waals surface area (Å²) in [5, 5.41) is 9.69. The fourth-order valence-electron chi connectivity index (χ4n) is 2.02. The molecule has 19 heavy (non-hydrogen) atoms. The molecule has 0 saturated carbocycles. The van der Waals surface area contributed by atoms with Crippen LogP contribution in [0.5, 0.6) is 5.75 Å². The molecule has 0 fully saturated rings. The molecule has 0 unspecified atom stereocenters. The monoisotopic (exact) mass is 260 g/mol. The second-order valence-electron chi connectivity index (χ2n) is 4.41. The van der Waals surface area contributed by atoms with Crippen molar-refractivity contribution in [3.8, 4) is 11.4 Å². The third kappa shape index (κ3) is 2.31. The minimum absolute atomic E-state index is 0.290. The van der Waals surface area contributed by atoms with Crippen molar-refractivity contribution in [1.29, 1.82) is 0 Å². The van der Waals surface area contributed by atoms with Gasteiger partial charge in [0, 0.05) is 6.54 Å². The van der Waals surface area contributed by atoms with Gasteiger partial charge in [-0.15, -0.1) is 0 Å². The minimum Gasteiger partial charge on any atom is -0.502 e. The molecule has 0 atom stereocenters. The van der Waals surface area contributed by atoms with E-state index in [4.69, 9.17) is 0 Å². The van der Waals surface area contributed by atoms with Crippen molar-refractivity contribution in [3.05, 3.63) is 56.9 Å². The van der Waals surface area contributed by atoms with Crippen LogP contribution in [0.1, 0.15) is 18.9 Å². The summed E-state index contributed by atoms with van der Waals surface area (Å²) in [5.74, 6) is -0.420. The quantitative estimate of drug-likeness (QED) is 0.907. The van der Waals surface area contributed by atoms with Gasteiger partial charge in [-0.25, -0.2) is 4.79 Å². The van der Waals surface area contributed by atoms with Gasteiger partial charge in [-0.1, -0.05) is 25.1 Å². The van der Waals surface area contributed by atoms with Crippen LogP contribution in [-0.4, -0.2) is 14.2 Å². The van der Waals surface area contributed by atoms with E-state index in [1.165, 1.54) is 10.8 Å². The first-order valence-corrected chi connectivity index (χ1v) is 6.17. The molecule has 5 heteroatoms. The summed E-state index contributed by atoms with van der Waals surface area (Å²) in [6, 6.07) is 7.32. The van der Waals surface area contributed by atoms with Crippen molar-refractivity contribution < 1.29 is 5.11 Å². The van der Waals surface area contributed by atoms with Crippen molar-refractivity contribution in [2.75, 3.05) is 0 Å². The summed E-state index contributed by atoms with van der Waals surface area (Å²) < 4.78 is 2.36. The molecule has 1 aromatic carbocycles. The van der Waals surface area contributed by atoms with Crippen molar-refractivity contribution in [1.82, 2.24) is 9.13 Å². The highest BCUT2D eigenvalue weighted by Crippen LogP contribution is 2.12. The van der Waals surface area contributed by atoms with Crippen LogP contribution in [0.3, 0.4) is 0 Å². The number of rotatable bonds is 3. The SMILES string of the molecule is CCCn1c(=O)c(O)cn(-c2ccccc2C)c1=O. The Kier molecular flexibility index (Phi) is 3.55. The van der Waals surface area contributed by atoms with E-state index in [0.717, 1.165) is 10.1 Å². The van der Waals surface area contributed by atoms with E-state index in [1.54, 1.807) is 12.1 Å². The molecule has 0 amide bonds. The predicted molar refractivity (Wildman–Crippen MR) is 73.0 cm³/mol. The number of hydrogen-bond donors (Lipinski definition) is 1. The largest absolute Gasteiger partial charge is 0.502 e. The van der Waals surface area contributed by atoms with Crippen LogP contribution < -0.4 is 11.2 Å². The zero-order valence-electron chi connectivity index (χ0n) is 11.0. The number of nitrogens with zero attached hydrogens (tertiary/aromatic N) is 2. The number of aromatic hydroxyl groups is 1. The normalized spacial score (nSPS) is 10.6. The molecule has 0 aliphatic heterocycles. The Balaban J connectivity index is 2.76. The first kappa shape index (κ1) is 13.1. The average Bonchev–Trinajstić information content (AvgIpc) is 2.40. The van der Waals surface area contributed by atoms with Crippen LogP contribution >= 0.6 is 0 Å². The lowest BCUT2D eigenvalue weighted by Crippen LogP contribution is -2.38. The molecule has 2 aromatic rings. The molecule has 2 rings (SSSR count). The maximum absolute atomic E-state index is 12.3. The van der Waals surface area contributed by atoms with E-state index in [0.29, 0.717) is 12.1 Å². The summed E-state index contributed by atoms with van der Waals surface area (Å²) in [4.78, 5) is 24.0. The lowest BCUT2D eigenvalue weighted by molar-refractivity contribution is 0.442. The molecule has 0 radical (unpaired) electrons.